The quantitative estimate of drug-likeness (QED) is 0.617. The van der Waals surface area contributed by atoms with E-state index in [0.717, 1.165) is 25.1 Å². The lowest BCUT2D eigenvalue weighted by Gasteiger charge is -2.36. The van der Waals surface area contributed by atoms with Crippen LogP contribution in [0.1, 0.15) is 41.8 Å². The van der Waals surface area contributed by atoms with Crippen LogP contribution in [0.2, 0.25) is 0 Å². The standard InChI is InChI=1S/C24H26N2O.ClH/c1-17(27)18-10-12-20(13-11-18)24(2,26-21-14-15-25-16-21)23-9-5-7-19-6-3-4-8-22(19)23;/h3-13,21,25-26H,14-16H2,1-2H3;1H/t21-,24+;/m0./s1. The molecule has 1 heterocycles. The van der Waals surface area contributed by atoms with Crippen LogP contribution in [0.25, 0.3) is 10.8 Å². The summed E-state index contributed by atoms with van der Waals surface area (Å²) in [6, 6.07) is 23.5. The summed E-state index contributed by atoms with van der Waals surface area (Å²) in [5.41, 5.74) is 2.85. The SMILES string of the molecule is CC(=O)c1ccc([C@@](C)(N[C@H]2CCNC2)c2cccc3ccccc23)cc1.Cl. The molecule has 0 aromatic heterocycles. The summed E-state index contributed by atoms with van der Waals surface area (Å²) >= 11 is 0. The van der Waals surface area contributed by atoms with Crippen molar-refractivity contribution in [3.05, 3.63) is 83.4 Å². The molecule has 1 aliphatic heterocycles. The number of carbonyl (C=O) groups is 1. The lowest BCUT2D eigenvalue weighted by atomic mass is 9.81. The van der Waals surface area contributed by atoms with Gasteiger partial charge in [0.1, 0.15) is 0 Å². The average Bonchev–Trinajstić information content (AvgIpc) is 3.20. The van der Waals surface area contributed by atoms with Gasteiger partial charge in [0.2, 0.25) is 0 Å². The number of benzene rings is 3. The molecule has 3 aromatic carbocycles. The van der Waals surface area contributed by atoms with E-state index in [-0.39, 0.29) is 23.7 Å². The third-order valence-corrected chi connectivity index (χ3v) is 5.75. The van der Waals surface area contributed by atoms with Gasteiger partial charge in [-0.3, -0.25) is 10.1 Å². The molecule has 0 saturated carbocycles. The Kier molecular flexibility index (Phi) is 6.19. The van der Waals surface area contributed by atoms with Gasteiger partial charge >= 0.3 is 0 Å². The molecule has 146 valence electrons. The zero-order valence-electron chi connectivity index (χ0n) is 16.4. The van der Waals surface area contributed by atoms with Crippen LogP contribution in [0.4, 0.5) is 0 Å². The lowest BCUT2D eigenvalue weighted by molar-refractivity contribution is 0.101. The Morgan fingerprint density at radius 2 is 1.75 bits per heavy atom. The van der Waals surface area contributed by atoms with Crippen molar-refractivity contribution in [1.29, 1.82) is 0 Å². The third-order valence-electron chi connectivity index (χ3n) is 5.75. The normalized spacial score (nSPS) is 18.4. The van der Waals surface area contributed by atoms with Crippen molar-refractivity contribution >= 4 is 29.0 Å². The number of rotatable bonds is 5. The summed E-state index contributed by atoms with van der Waals surface area (Å²) in [6.07, 6.45) is 1.12. The molecule has 1 fully saturated rings. The number of ketones is 1. The van der Waals surface area contributed by atoms with Gasteiger partial charge in [-0.05, 0) is 48.7 Å². The molecular weight excluding hydrogens is 368 g/mol. The molecule has 0 radical (unpaired) electrons. The van der Waals surface area contributed by atoms with Crippen molar-refractivity contribution in [2.75, 3.05) is 13.1 Å². The van der Waals surface area contributed by atoms with Crippen LogP contribution in [0.3, 0.4) is 0 Å². The maximum absolute atomic E-state index is 11.7. The summed E-state index contributed by atoms with van der Waals surface area (Å²) in [7, 11) is 0. The van der Waals surface area contributed by atoms with Gasteiger partial charge in [-0.2, -0.15) is 0 Å². The van der Waals surface area contributed by atoms with Crippen molar-refractivity contribution in [2.45, 2.75) is 31.8 Å². The van der Waals surface area contributed by atoms with Gasteiger partial charge in [0.15, 0.2) is 5.78 Å². The predicted octanol–water partition coefficient (Wildman–Crippen LogP) is 4.68. The van der Waals surface area contributed by atoms with Crippen molar-refractivity contribution < 1.29 is 4.79 Å². The summed E-state index contributed by atoms with van der Waals surface area (Å²) in [5, 5.41) is 9.87. The number of hydrogen-bond donors (Lipinski definition) is 2. The van der Waals surface area contributed by atoms with E-state index in [0.29, 0.717) is 6.04 Å². The number of halogens is 1. The fourth-order valence-corrected chi connectivity index (χ4v) is 4.20. The van der Waals surface area contributed by atoms with E-state index >= 15 is 0 Å². The molecule has 1 aliphatic rings. The molecule has 0 unspecified atom stereocenters. The molecule has 3 nitrogen and oxygen atoms in total. The molecule has 4 heteroatoms. The lowest BCUT2D eigenvalue weighted by Crippen LogP contribution is -2.47. The van der Waals surface area contributed by atoms with E-state index in [1.165, 1.54) is 21.9 Å². The van der Waals surface area contributed by atoms with Gasteiger partial charge in [0.25, 0.3) is 0 Å². The van der Waals surface area contributed by atoms with Gasteiger partial charge in [-0.1, -0.05) is 66.7 Å². The molecule has 2 atom stereocenters. The maximum Gasteiger partial charge on any atom is 0.159 e. The van der Waals surface area contributed by atoms with Gasteiger partial charge in [-0.25, -0.2) is 0 Å². The van der Waals surface area contributed by atoms with Crippen LogP contribution in [-0.4, -0.2) is 24.9 Å². The Labute approximate surface area is 172 Å². The van der Waals surface area contributed by atoms with Crippen molar-refractivity contribution in [2.24, 2.45) is 0 Å². The highest BCUT2D eigenvalue weighted by atomic mass is 35.5. The molecule has 2 N–H and O–H groups in total. The molecule has 3 aromatic rings. The summed E-state index contributed by atoms with van der Waals surface area (Å²) in [6.45, 7) is 5.90. The first kappa shape index (κ1) is 20.5. The smallest absolute Gasteiger partial charge is 0.159 e. The summed E-state index contributed by atoms with van der Waals surface area (Å²) < 4.78 is 0. The second kappa shape index (κ2) is 8.44. The predicted molar refractivity (Wildman–Crippen MR) is 119 cm³/mol. The Bertz CT molecular complexity index is 959. The van der Waals surface area contributed by atoms with Crippen LogP contribution < -0.4 is 10.6 Å². The second-order valence-electron chi connectivity index (χ2n) is 7.62. The van der Waals surface area contributed by atoms with Gasteiger partial charge in [0.05, 0.1) is 5.54 Å². The Balaban J connectivity index is 0.00000225. The van der Waals surface area contributed by atoms with E-state index in [4.69, 9.17) is 0 Å². The zero-order chi connectivity index (χ0) is 18.9. The van der Waals surface area contributed by atoms with E-state index in [1.54, 1.807) is 6.92 Å². The first-order chi connectivity index (χ1) is 13.1. The zero-order valence-corrected chi connectivity index (χ0v) is 17.2. The minimum Gasteiger partial charge on any atom is -0.315 e. The second-order valence-corrected chi connectivity index (χ2v) is 7.62. The molecule has 0 aliphatic carbocycles. The number of carbonyl (C=O) groups excluding carboxylic acids is 1. The Hall–Kier alpha value is -2.20. The summed E-state index contributed by atoms with van der Waals surface area (Å²) in [5.74, 6) is 0.0985. The third kappa shape index (κ3) is 3.83. The van der Waals surface area contributed by atoms with Crippen LogP contribution in [0.5, 0.6) is 0 Å². The number of hydrogen-bond acceptors (Lipinski definition) is 3. The fraction of sp³-hybridized carbons (Fsp3) is 0.292. The van der Waals surface area contributed by atoms with Crippen LogP contribution in [0, 0.1) is 0 Å². The number of nitrogens with one attached hydrogen (secondary N) is 2. The van der Waals surface area contributed by atoms with Crippen LogP contribution in [0.15, 0.2) is 66.7 Å². The minimum absolute atomic E-state index is 0. The molecular formula is C24H27ClN2O. The van der Waals surface area contributed by atoms with Crippen LogP contribution in [-0.2, 0) is 5.54 Å². The molecule has 4 rings (SSSR count). The topological polar surface area (TPSA) is 41.1 Å². The molecule has 28 heavy (non-hydrogen) atoms. The highest BCUT2D eigenvalue weighted by Gasteiger charge is 2.33. The average molecular weight is 395 g/mol. The first-order valence-electron chi connectivity index (χ1n) is 9.66. The Morgan fingerprint density at radius 1 is 1.04 bits per heavy atom. The van der Waals surface area contributed by atoms with Gasteiger partial charge in [0, 0.05) is 18.2 Å². The fourth-order valence-electron chi connectivity index (χ4n) is 4.20. The molecule has 0 bridgehead atoms. The van der Waals surface area contributed by atoms with E-state index in [9.17, 15) is 4.79 Å². The van der Waals surface area contributed by atoms with Crippen molar-refractivity contribution in [1.82, 2.24) is 10.6 Å². The summed E-state index contributed by atoms with van der Waals surface area (Å²) in [4.78, 5) is 11.7. The molecule has 0 spiro atoms. The Morgan fingerprint density at radius 3 is 2.43 bits per heavy atom. The number of Topliss-reactive ketones (excluding diaryl/α,β-unsaturated/α-hetero) is 1. The highest BCUT2D eigenvalue weighted by Crippen LogP contribution is 2.35. The molecule has 0 amide bonds. The largest absolute Gasteiger partial charge is 0.315 e. The van der Waals surface area contributed by atoms with Crippen molar-refractivity contribution in [3.8, 4) is 0 Å². The first-order valence-corrected chi connectivity index (χ1v) is 9.66. The monoisotopic (exact) mass is 394 g/mol. The van der Waals surface area contributed by atoms with Gasteiger partial charge in [-0.15, -0.1) is 12.4 Å². The number of fused-ring (bicyclic) bond motifs is 1. The molecule has 1 saturated heterocycles. The van der Waals surface area contributed by atoms with Crippen molar-refractivity contribution in [3.63, 3.8) is 0 Å². The van der Waals surface area contributed by atoms with Crippen LogP contribution >= 0.6 is 12.4 Å². The van der Waals surface area contributed by atoms with Gasteiger partial charge < -0.3 is 5.32 Å². The maximum atomic E-state index is 11.7. The van der Waals surface area contributed by atoms with E-state index in [1.807, 2.05) is 12.1 Å². The van der Waals surface area contributed by atoms with E-state index < -0.39 is 0 Å². The highest BCUT2D eigenvalue weighted by molar-refractivity contribution is 5.94. The minimum atomic E-state index is -0.340. The van der Waals surface area contributed by atoms with E-state index in [2.05, 4.69) is 72.2 Å².